The Morgan fingerprint density at radius 3 is 2.67 bits per heavy atom. The largest absolute Gasteiger partial charge is 0.478 e. The van der Waals surface area contributed by atoms with E-state index in [1.807, 2.05) is 0 Å². The molecule has 0 bridgehead atoms. The van der Waals surface area contributed by atoms with Crippen molar-refractivity contribution in [2.75, 3.05) is 12.9 Å². The summed E-state index contributed by atoms with van der Waals surface area (Å²) in [5, 5.41) is 19.5. The van der Waals surface area contributed by atoms with Crippen molar-refractivity contribution in [3.8, 4) is 0 Å². The van der Waals surface area contributed by atoms with Crippen LogP contribution in [-0.4, -0.2) is 34.8 Å². The summed E-state index contributed by atoms with van der Waals surface area (Å²) >= 11 is 0.860. The molecule has 18 heavy (non-hydrogen) atoms. The second kappa shape index (κ2) is 6.01. The standard InChI is InChI=1S/C10H9NO6S/c1-17-9(12)5-18-8-4-6(10(13)14)2-3-7(8)11(15)16/h2-4H,5H2,1H3,(H,13,14). The average Bonchev–Trinajstić information content (AvgIpc) is 2.35. The highest BCUT2D eigenvalue weighted by molar-refractivity contribution is 8.00. The molecule has 0 atom stereocenters. The van der Waals surface area contributed by atoms with E-state index in [2.05, 4.69) is 4.74 Å². The molecule has 0 spiro atoms. The highest BCUT2D eigenvalue weighted by Gasteiger charge is 2.18. The molecule has 0 saturated carbocycles. The van der Waals surface area contributed by atoms with Gasteiger partial charge in [0.2, 0.25) is 0 Å². The number of esters is 1. The number of carbonyl (C=O) groups excluding carboxylic acids is 1. The Morgan fingerprint density at radius 1 is 1.50 bits per heavy atom. The first kappa shape index (κ1) is 14.0. The van der Waals surface area contributed by atoms with E-state index in [9.17, 15) is 19.7 Å². The predicted molar refractivity (Wildman–Crippen MR) is 62.8 cm³/mol. The third-order valence-corrected chi connectivity index (χ3v) is 2.99. The van der Waals surface area contributed by atoms with Crippen LogP contribution in [0.3, 0.4) is 0 Å². The molecule has 0 saturated heterocycles. The maximum atomic E-state index is 11.0. The van der Waals surface area contributed by atoms with Gasteiger partial charge in [0.05, 0.1) is 28.2 Å². The van der Waals surface area contributed by atoms with Gasteiger partial charge < -0.3 is 9.84 Å². The molecule has 7 nitrogen and oxygen atoms in total. The molecule has 0 aliphatic rings. The number of ether oxygens (including phenoxy) is 1. The number of aromatic carboxylic acids is 1. The first-order chi connectivity index (χ1) is 8.45. The summed E-state index contributed by atoms with van der Waals surface area (Å²) in [5.41, 5.74) is -0.318. The Hall–Kier alpha value is -2.09. The molecule has 0 heterocycles. The van der Waals surface area contributed by atoms with Gasteiger partial charge in [-0.25, -0.2) is 4.79 Å². The van der Waals surface area contributed by atoms with Gasteiger partial charge in [0.1, 0.15) is 0 Å². The number of rotatable bonds is 5. The van der Waals surface area contributed by atoms with Crippen molar-refractivity contribution in [2.24, 2.45) is 0 Å². The molecule has 0 fully saturated rings. The number of carbonyl (C=O) groups is 2. The zero-order chi connectivity index (χ0) is 13.7. The minimum atomic E-state index is -1.19. The summed E-state index contributed by atoms with van der Waals surface area (Å²) < 4.78 is 4.40. The minimum Gasteiger partial charge on any atom is -0.478 e. The van der Waals surface area contributed by atoms with Crippen molar-refractivity contribution < 1.29 is 24.4 Å². The maximum Gasteiger partial charge on any atom is 0.335 e. The van der Waals surface area contributed by atoms with Gasteiger partial charge in [-0.3, -0.25) is 14.9 Å². The smallest absolute Gasteiger partial charge is 0.335 e. The lowest BCUT2D eigenvalue weighted by Crippen LogP contribution is -2.04. The van der Waals surface area contributed by atoms with Crippen molar-refractivity contribution in [3.05, 3.63) is 33.9 Å². The number of nitro groups is 1. The van der Waals surface area contributed by atoms with Crippen LogP contribution in [0, 0.1) is 10.1 Å². The van der Waals surface area contributed by atoms with Gasteiger partial charge >= 0.3 is 11.9 Å². The van der Waals surface area contributed by atoms with Crippen LogP contribution in [-0.2, 0) is 9.53 Å². The van der Waals surface area contributed by atoms with Crippen molar-refractivity contribution in [2.45, 2.75) is 4.90 Å². The number of benzene rings is 1. The molecule has 96 valence electrons. The number of hydrogen-bond acceptors (Lipinski definition) is 6. The predicted octanol–water partition coefficient (Wildman–Crippen LogP) is 1.56. The Morgan fingerprint density at radius 2 is 2.17 bits per heavy atom. The molecule has 0 aromatic heterocycles. The Balaban J connectivity index is 3.03. The number of carboxylic acid groups (broad SMARTS) is 1. The third-order valence-electron chi connectivity index (χ3n) is 1.98. The van der Waals surface area contributed by atoms with Crippen molar-refractivity contribution in [3.63, 3.8) is 0 Å². The number of hydrogen-bond donors (Lipinski definition) is 1. The Bertz CT molecular complexity index is 501. The highest BCUT2D eigenvalue weighted by Crippen LogP contribution is 2.30. The number of nitro benzene ring substituents is 1. The second-order valence-corrected chi connectivity index (χ2v) is 4.13. The maximum absolute atomic E-state index is 11.0. The SMILES string of the molecule is COC(=O)CSc1cc(C(=O)O)ccc1[N+](=O)[O-]. The highest BCUT2D eigenvalue weighted by atomic mass is 32.2. The van der Waals surface area contributed by atoms with Crippen LogP contribution in [0.2, 0.25) is 0 Å². The quantitative estimate of drug-likeness (QED) is 0.374. The normalized spacial score (nSPS) is 9.83. The molecule has 0 radical (unpaired) electrons. The average molecular weight is 271 g/mol. The van der Waals surface area contributed by atoms with Crippen LogP contribution in [0.25, 0.3) is 0 Å². The van der Waals surface area contributed by atoms with Crippen LogP contribution in [0.1, 0.15) is 10.4 Å². The van der Waals surface area contributed by atoms with E-state index in [0.29, 0.717) is 0 Å². The van der Waals surface area contributed by atoms with Crippen molar-refractivity contribution in [1.82, 2.24) is 0 Å². The lowest BCUT2D eigenvalue weighted by atomic mass is 10.2. The minimum absolute atomic E-state index is 0.0760. The molecular formula is C10H9NO6S. The molecule has 8 heteroatoms. The molecule has 0 unspecified atom stereocenters. The van der Waals surface area contributed by atoms with Gasteiger partial charge in [-0.1, -0.05) is 0 Å². The van der Waals surface area contributed by atoms with Gasteiger partial charge in [0.25, 0.3) is 5.69 Å². The lowest BCUT2D eigenvalue weighted by Gasteiger charge is -2.03. The van der Waals surface area contributed by atoms with Gasteiger partial charge in [-0.15, -0.1) is 11.8 Å². The van der Waals surface area contributed by atoms with E-state index in [-0.39, 0.29) is 21.9 Å². The monoisotopic (exact) mass is 271 g/mol. The fourth-order valence-electron chi connectivity index (χ4n) is 1.11. The van der Waals surface area contributed by atoms with Gasteiger partial charge in [-0.05, 0) is 12.1 Å². The van der Waals surface area contributed by atoms with E-state index >= 15 is 0 Å². The topological polar surface area (TPSA) is 107 Å². The number of thioether (sulfide) groups is 1. The van der Waals surface area contributed by atoms with Crippen molar-refractivity contribution >= 4 is 29.4 Å². The van der Waals surface area contributed by atoms with E-state index < -0.39 is 16.9 Å². The summed E-state index contributed by atoms with van der Waals surface area (Å²) in [7, 11) is 1.20. The van der Waals surface area contributed by atoms with Crippen LogP contribution >= 0.6 is 11.8 Å². The summed E-state index contributed by atoms with van der Waals surface area (Å²) in [4.78, 5) is 31.9. The Kier molecular flexibility index (Phi) is 4.67. The van der Waals surface area contributed by atoms with Crippen LogP contribution in [0.5, 0.6) is 0 Å². The summed E-state index contributed by atoms with van der Waals surface area (Å²) in [5.74, 6) is -1.86. The van der Waals surface area contributed by atoms with Crippen LogP contribution < -0.4 is 0 Å². The number of methoxy groups -OCH3 is 1. The zero-order valence-corrected chi connectivity index (χ0v) is 10.1. The molecule has 1 N–H and O–H groups in total. The summed E-state index contributed by atoms with van der Waals surface area (Å²) in [6.07, 6.45) is 0. The summed E-state index contributed by atoms with van der Waals surface area (Å²) in [6.45, 7) is 0. The second-order valence-electron chi connectivity index (χ2n) is 3.11. The first-order valence-electron chi connectivity index (χ1n) is 4.67. The third kappa shape index (κ3) is 3.45. The van der Waals surface area contributed by atoms with E-state index in [0.717, 1.165) is 30.0 Å². The van der Waals surface area contributed by atoms with Crippen LogP contribution in [0.4, 0.5) is 5.69 Å². The Labute approximate surface area is 106 Å². The molecule has 1 aromatic rings. The molecular weight excluding hydrogens is 262 g/mol. The number of nitrogens with zero attached hydrogens (tertiary/aromatic N) is 1. The first-order valence-corrected chi connectivity index (χ1v) is 5.65. The lowest BCUT2D eigenvalue weighted by molar-refractivity contribution is -0.387. The van der Waals surface area contributed by atoms with Gasteiger partial charge in [-0.2, -0.15) is 0 Å². The fourth-order valence-corrected chi connectivity index (χ4v) is 2.00. The molecule has 0 amide bonds. The molecule has 0 aliphatic heterocycles. The summed E-state index contributed by atoms with van der Waals surface area (Å²) in [6, 6.07) is 3.40. The van der Waals surface area contributed by atoms with Gasteiger partial charge in [0.15, 0.2) is 0 Å². The van der Waals surface area contributed by atoms with E-state index in [4.69, 9.17) is 5.11 Å². The van der Waals surface area contributed by atoms with E-state index in [1.54, 1.807) is 0 Å². The fraction of sp³-hybridized carbons (Fsp3) is 0.200. The van der Waals surface area contributed by atoms with Crippen LogP contribution in [0.15, 0.2) is 23.1 Å². The van der Waals surface area contributed by atoms with Gasteiger partial charge in [0, 0.05) is 6.07 Å². The zero-order valence-electron chi connectivity index (χ0n) is 9.28. The molecule has 0 aliphatic carbocycles. The van der Waals surface area contributed by atoms with E-state index in [1.165, 1.54) is 7.11 Å². The number of carboxylic acids is 1. The van der Waals surface area contributed by atoms with Crippen molar-refractivity contribution in [1.29, 1.82) is 0 Å². The molecule has 1 aromatic carbocycles. The molecule has 1 rings (SSSR count).